The van der Waals surface area contributed by atoms with Crippen LogP contribution in [0.2, 0.25) is 0 Å². The molecule has 0 amide bonds. The third-order valence-corrected chi connectivity index (χ3v) is 3.82. The Bertz CT molecular complexity index is 669. The maximum atomic E-state index is 11.6. The predicted octanol–water partition coefficient (Wildman–Crippen LogP) is 2.48. The molecule has 0 N–H and O–H groups in total. The molecule has 2 rings (SSSR count). The Labute approximate surface area is 118 Å². The van der Waals surface area contributed by atoms with Crippen LogP contribution < -0.4 is 11.1 Å². The predicted molar refractivity (Wildman–Crippen MR) is 78.6 cm³/mol. The summed E-state index contributed by atoms with van der Waals surface area (Å²) in [5.74, 6) is 0. The monoisotopic (exact) mass is 274 g/mol. The molecule has 0 unspecified atom stereocenters. The Kier molecular flexibility index (Phi) is 5.39. The van der Waals surface area contributed by atoms with E-state index in [0.717, 1.165) is 12.8 Å². The molecule has 2 aliphatic heterocycles. The second kappa shape index (κ2) is 7.27. The SMILES string of the molecule is CCCCCCCCCCc1nc(=O)c2cnc(=O)c1=2. The molecule has 2 heterocycles. The lowest BCUT2D eigenvalue weighted by atomic mass is 10.1. The second-order valence-corrected chi connectivity index (χ2v) is 5.44. The first-order valence-electron chi connectivity index (χ1n) is 7.69. The van der Waals surface area contributed by atoms with Crippen LogP contribution in [-0.2, 0) is 6.42 Å². The van der Waals surface area contributed by atoms with Crippen molar-refractivity contribution < 1.29 is 0 Å². The van der Waals surface area contributed by atoms with Crippen LogP contribution in [0.3, 0.4) is 0 Å². The normalized spacial score (nSPS) is 11.4. The number of rotatable bonds is 9. The number of aryl methyl sites for hydroxylation is 1. The van der Waals surface area contributed by atoms with Crippen molar-refractivity contribution >= 4 is 0 Å². The fraction of sp³-hybridized carbons (Fsp3) is 0.625. The molecular weight excluding hydrogens is 252 g/mol. The van der Waals surface area contributed by atoms with Crippen LogP contribution in [-0.4, -0.2) is 9.97 Å². The van der Waals surface area contributed by atoms with Gasteiger partial charge in [-0.2, -0.15) is 0 Å². The van der Waals surface area contributed by atoms with Gasteiger partial charge in [0, 0.05) is 6.20 Å². The number of aromatic nitrogens is 2. The van der Waals surface area contributed by atoms with Crippen molar-refractivity contribution in [1.29, 1.82) is 0 Å². The third-order valence-electron chi connectivity index (χ3n) is 3.82. The molecule has 4 heteroatoms. The lowest BCUT2D eigenvalue weighted by Gasteiger charge is -2.00. The summed E-state index contributed by atoms with van der Waals surface area (Å²) in [5, 5.41) is 0.850. The van der Waals surface area contributed by atoms with Gasteiger partial charge in [0.15, 0.2) is 0 Å². The van der Waals surface area contributed by atoms with Gasteiger partial charge in [-0.05, 0) is 12.8 Å². The fourth-order valence-corrected chi connectivity index (χ4v) is 2.65. The molecule has 4 nitrogen and oxygen atoms in total. The molecule has 0 aromatic heterocycles. The van der Waals surface area contributed by atoms with E-state index in [9.17, 15) is 9.59 Å². The third kappa shape index (κ3) is 3.50. The summed E-state index contributed by atoms with van der Waals surface area (Å²) in [4.78, 5) is 30.8. The van der Waals surface area contributed by atoms with E-state index in [2.05, 4.69) is 16.9 Å². The maximum absolute atomic E-state index is 11.6. The summed E-state index contributed by atoms with van der Waals surface area (Å²) in [5.41, 5.74) is 0.0480. The lowest BCUT2D eigenvalue weighted by molar-refractivity contribution is 0.574. The molecule has 20 heavy (non-hydrogen) atoms. The zero-order chi connectivity index (χ0) is 14.4. The van der Waals surface area contributed by atoms with Crippen LogP contribution >= 0.6 is 0 Å². The van der Waals surface area contributed by atoms with Gasteiger partial charge in [-0.15, -0.1) is 0 Å². The molecule has 0 atom stereocenters. The number of hydrogen-bond acceptors (Lipinski definition) is 4. The van der Waals surface area contributed by atoms with E-state index in [1.807, 2.05) is 0 Å². The average Bonchev–Trinajstić information content (AvgIpc) is 2.96. The highest BCUT2D eigenvalue weighted by atomic mass is 16.1. The summed E-state index contributed by atoms with van der Waals surface area (Å²) in [6.07, 6.45) is 12.0. The summed E-state index contributed by atoms with van der Waals surface area (Å²) in [7, 11) is 0. The molecular formula is C16H22N2O2. The van der Waals surface area contributed by atoms with Crippen LogP contribution in [0.25, 0.3) is 0 Å². The van der Waals surface area contributed by atoms with Gasteiger partial charge in [0.05, 0.1) is 16.1 Å². The van der Waals surface area contributed by atoms with Crippen LogP contribution in [0.1, 0.15) is 64.0 Å². The topological polar surface area (TPSA) is 59.9 Å². The van der Waals surface area contributed by atoms with Crippen LogP contribution in [0.15, 0.2) is 15.8 Å². The average molecular weight is 274 g/mol. The van der Waals surface area contributed by atoms with Crippen LogP contribution in [0.4, 0.5) is 0 Å². The van der Waals surface area contributed by atoms with E-state index in [0.29, 0.717) is 22.6 Å². The first-order chi connectivity index (χ1) is 9.74. The molecule has 0 radical (unpaired) electrons. The minimum Gasteiger partial charge on any atom is -0.267 e. The summed E-state index contributed by atoms with van der Waals surface area (Å²) >= 11 is 0. The standard InChI is InChI=1S/C16H22N2O2/c1-2-3-4-5-6-7-8-9-10-13-14-12(15(19)18-13)11-17-16(14)20/h11H,2-10H2,1H3. The Morgan fingerprint density at radius 2 is 1.55 bits per heavy atom. The Balaban J connectivity index is 1.76. The minimum absolute atomic E-state index is 0.302. The number of hydrogen-bond donors (Lipinski definition) is 0. The van der Waals surface area contributed by atoms with E-state index in [1.165, 1.54) is 44.7 Å². The van der Waals surface area contributed by atoms with Gasteiger partial charge in [-0.1, -0.05) is 51.9 Å². The van der Waals surface area contributed by atoms with Gasteiger partial charge in [-0.3, -0.25) is 9.59 Å². The molecule has 0 bridgehead atoms. The smallest absolute Gasteiger partial charge is 0.267 e. The zero-order valence-corrected chi connectivity index (χ0v) is 12.2. The highest BCUT2D eigenvalue weighted by Gasteiger charge is 2.11. The minimum atomic E-state index is -0.302. The van der Waals surface area contributed by atoms with Crippen molar-refractivity contribution in [2.75, 3.05) is 0 Å². The summed E-state index contributed by atoms with van der Waals surface area (Å²) in [6, 6.07) is 0. The van der Waals surface area contributed by atoms with E-state index in [4.69, 9.17) is 0 Å². The Hall–Kier alpha value is -1.58. The van der Waals surface area contributed by atoms with Crippen molar-refractivity contribution in [3.63, 3.8) is 0 Å². The fourth-order valence-electron chi connectivity index (χ4n) is 2.65. The molecule has 2 aliphatic rings. The van der Waals surface area contributed by atoms with Gasteiger partial charge in [0.1, 0.15) is 0 Å². The van der Waals surface area contributed by atoms with Crippen LogP contribution in [0, 0.1) is 10.4 Å². The van der Waals surface area contributed by atoms with E-state index < -0.39 is 0 Å². The second-order valence-electron chi connectivity index (χ2n) is 5.44. The maximum Gasteiger partial charge on any atom is 0.279 e. The Morgan fingerprint density at radius 1 is 0.900 bits per heavy atom. The molecule has 0 fully saturated rings. The zero-order valence-electron chi connectivity index (χ0n) is 12.2. The van der Waals surface area contributed by atoms with E-state index in [1.54, 1.807) is 0 Å². The summed E-state index contributed by atoms with van der Waals surface area (Å²) in [6.45, 7) is 2.22. The molecule has 0 saturated heterocycles. The molecule has 0 saturated carbocycles. The van der Waals surface area contributed by atoms with Gasteiger partial charge in [-0.25, -0.2) is 9.97 Å². The number of nitrogens with zero attached hydrogens (tertiary/aromatic N) is 2. The van der Waals surface area contributed by atoms with Gasteiger partial charge >= 0.3 is 0 Å². The van der Waals surface area contributed by atoms with Gasteiger partial charge in [0.25, 0.3) is 11.1 Å². The lowest BCUT2D eigenvalue weighted by Crippen LogP contribution is -2.04. The Morgan fingerprint density at radius 3 is 2.25 bits per heavy atom. The first-order valence-corrected chi connectivity index (χ1v) is 7.69. The molecule has 108 valence electrons. The summed E-state index contributed by atoms with van der Waals surface area (Å²) < 4.78 is 0. The van der Waals surface area contributed by atoms with Crippen LogP contribution in [0.5, 0.6) is 0 Å². The molecule has 0 aromatic carbocycles. The first kappa shape index (κ1) is 14.8. The van der Waals surface area contributed by atoms with Crippen molar-refractivity contribution in [3.8, 4) is 0 Å². The molecule has 0 aliphatic carbocycles. The quantitative estimate of drug-likeness (QED) is 0.659. The van der Waals surface area contributed by atoms with Crippen molar-refractivity contribution in [3.05, 3.63) is 43.0 Å². The highest BCUT2D eigenvalue weighted by molar-refractivity contribution is 5.16. The van der Waals surface area contributed by atoms with Crippen molar-refractivity contribution in [1.82, 2.24) is 9.97 Å². The largest absolute Gasteiger partial charge is 0.279 e. The molecule has 0 aromatic rings. The van der Waals surface area contributed by atoms with Crippen molar-refractivity contribution in [2.24, 2.45) is 0 Å². The van der Waals surface area contributed by atoms with Gasteiger partial charge < -0.3 is 0 Å². The van der Waals surface area contributed by atoms with Gasteiger partial charge in [0.2, 0.25) is 0 Å². The molecule has 0 spiro atoms. The van der Waals surface area contributed by atoms with E-state index >= 15 is 0 Å². The van der Waals surface area contributed by atoms with Crippen molar-refractivity contribution in [2.45, 2.75) is 64.7 Å². The highest BCUT2D eigenvalue weighted by Crippen LogP contribution is 2.10. The van der Waals surface area contributed by atoms with E-state index in [-0.39, 0.29) is 11.1 Å². The number of unbranched alkanes of at least 4 members (excludes halogenated alkanes) is 7.